The molecule has 7 heteroatoms. The van der Waals surface area contributed by atoms with E-state index in [0.29, 0.717) is 31.0 Å². The van der Waals surface area contributed by atoms with E-state index in [0.717, 1.165) is 19.3 Å². The Labute approximate surface area is 164 Å². The van der Waals surface area contributed by atoms with Gasteiger partial charge in [0.05, 0.1) is 11.0 Å². The molecule has 0 unspecified atom stereocenters. The van der Waals surface area contributed by atoms with E-state index in [1.54, 1.807) is 12.1 Å². The number of fused-ring (bicyclic) bond motifs is 1. The van der Waals surface area contributed by atoms with Crippen molar-refractivity contribution in [3.63, 3.8) is 0 Å². The highest BCUT2D eigenvalue weighted by molar-refractivity contribution is 7.89. The lowest BCUT2D eigenvalue weighted by Gasteiger charge is -2.31. The van der Waals surface area contributed by atoms with Gasteiger partial charge in [0.25, 0.3) is 0 Å². The van der Waals surface area contributed by atoms with Crippen molar-refractivity contribution in [2.45, 2.75) is 65.2 Å². The third kappa shape index (κ3) is 6.40. The molecule has 0 N–H and O–H groups in total. The first-order valence-electron chi connectivity index (χ1n) is 9.57. The predicted octanol–water partition coefficient (Wildman–Crippen LogP) is 4.56. The Hall–Kier alpha value is -1.78. The fraction of sp³-hybridized carbons (Fsp3) is 0.650. The molecule has 27 heavy (non-hydrogen) atoms. The summed E-state index contributed by atoms with van der Waals surface area (Å²) >= 11 is 0. The number of benzene rings is 1. The Balaban J connectivity index is 0.00000176. The Morgan fingerprint density at radius 2 is 1.85 bits per heavy atom. The molecule has 0 amide bonds. The summed E-state index contributed by atoms with van der Waals surface area (Å²) < 4.78 is 38.1. The maximum Gasteiger partial charge on any atom is 0.243 e. The van der Waals surface area contributed by atoms with Crippen LogP contribution < -0.4 is 9.47 Å². The topological polar surface area (TPSA) is 79.6 Å². The summed E-state index contributed by atoms with van der Waals surface area (Å²) in [6.07, 6.45) is 3.19. The van der Waals surface area contributed by atoms with Gasteiger partial charge in [-0.2, -0.15) is 9.57 Å². The number of hydrogen-bond acceptors (Lipinski definition) is 5. The quantitative estimate of drug-likeness (QED) is 0.572. The van der Waals surface area contributed by atoms with Gasteiger partial charge in [-0.05, 0) is 30.4 Å². The number of nitrogens with zero attached hydrogens (tertiary/aromatic N) is 2. The van der Waals surface area contributed by atoms with Crippen LogP contribution in [0.2, 0.25) is 0 Å². The van der Waals surface area contributed by atoms with E-state index >= 15 is 0 Å². The first kappa shape index (κ1) is 23.3. The highest BCUT2D eigenvalue weighted by atomic mass is 32.2. The smallest absolute Gasteiger partial charge is 0.243 e. The van der Waals surface area contributed by atoms with Crippen LogP contribution >= 0.6 is 0 Å². The summed E-state index contributed by atoms with van der Waals surface area (Å²) in [7, 11) is -3.60. The van der Waals surface area contributed by atoms with Crippen molar-refractivity contribution < 1.29 is 17.9 Å². The maximum atomic E-state index is 13.0. The molecular weight excluding hydrogens is 364 g/mol. The predicted molar refractivity (Wildman–Crippen MR) is 106 cm³/mol. The lowest BCUT2D eigenvalue weighted by atomic mass is 9.87. The molecule has 1 aliphatic heterocycles. The van der Waals surface area contributed by atoms with Crippen LogP contribution in [0.25, 0.3) is 0 Å². The number of nitriles is 1. The molecule has 0 spiro atoms. The van der Waals surface area contributed by atoms with E-state index in [2.05, 4.69) is 19.9 Å². The van der Waals surface area contributed by atoms with Gasteiger partial charge in [0.2, 0.25) is 16.8 Å². The van der Waals surface area contributed by atoms with Crippen molar-refractivity contribution in [1.29, 1.82) is 5.26 Å². The normalized spacial score (nSPS) is 13.1. The van der Waals surface area contributed by atoms with Crippen LogP contribution in [-0.4, -0.2) is 32.6 Å². The van der Waals surface area contributed by atoms with Crippen LogP contribution in [0.3, 0.4) is 0 Å². The average molecular weight is 397 g/mol. The van der Waals surface area contributed by atoms with Gasteiger partial charge in [-0.1, -0.05) is 41.0 Å². The molecule has 6 nitrogen and oxygen atoms in total. The summed E-state index contributed by atoms with van der Waals surface area (Å²) in [4.78, 5) is 0.221. The number of unbranched alkanes of at least 4 members (excludes halogenated alkanes) is 2. The van der Waals surface area contributed by atoms with Gasteiger partial charge in [0.15, 0.2) is 11.5 Å². The second-order valence-electron chi connectivity index (χ2n) is 6.98. The largest absolute Gasteiger partial charge is 0.454 e. The van der Waals surface area contributed by atoms with Crippen LogP contribution in [0.15, 0.2) is 23.1 Å². The summed E-state index contributed by atoms with van der Waals surface area (Å²) in [5.74, 6) is 1.03. The highest BCUT2D eigenvalue weighted by Gasteiger charge is 2.30. The van der Waals surface area contributed by atoms with Gasteiger partial charge >= 0.3 is 0 Å². The van der Waals surface area contributed by atoms with Crippen molar-refractivity contribution in [1.82, 2.24) is 4.31 Å². The zero-order chi connectivity index (χ0) is 20.5. The van der Waals surface area contributed by atoms with Gasteiger partial charge in [0, 0.05) is 25.6 Å². The molecule has 1 aromatic rings. The molecule has 0 atom stereocenters. The summed E-state index contributed by atoms with van der Waals surface area (Å²) in [6.45, 7) is 10.9. The molecule has 2 rings (SSSR count). The minimum absolute atomic E-state index is 0.117. The van der Waals surface area contributed by atoms with E-state index in [9.17, 15) is 8.42 Å². The van der Waals surface area contributed by atoms with Crippen LogP contribution in [0.5, 0.6) is 11.5 Å². The molecule has 0 fully saturated rings. The zero-order valence-electron chi connectivity index (χ0n) is 17.1. The summed E-state index contributed by atoms with van der Waals surface area (Å²) in [5, 5.41) is 8.62. The average Bonchev–Trinajstić information content (AvgIpc) is 3.12. The lowest BCUT2D eigenvalue weighted by molar-refractivity contribution is 0.174. The van der Waals surface area contributed by atoms with E-state index in [4.69, 9.17) is 14.7 Å². The molecule has 0 aromatic heterocycles. The molecule has 152 valence electrons. The molecule has 1 heterocycles. The molecule has 1 aliphatic rings. The van der Waals surface area contributed by atoms with Gasteiger partial charge in [-0.3, -0.25) is 0 Å². The molecule has 0 saturated carbocycles. The standard InChI is InChI=1S/C18H26N2O4S.C2H6/c1-4-20(13-18(2,3)10-6-5-7-11-19)25(21,22)15-8-9-16-17(12-15)24-14-23-16;1-2/h8-9,12H,4-7,10,13-14H2,1-3H3;1-2H3. The Bertz CT molecular complexity index is 739. The van der Waals surface area contributed by atoms with Crippen LogP contribution in [0.1, 0.15) is 60.3 Å². The third-order valence-electron chi connectivity index (χ3n) is 4.33. The second kappa shape index (κ2) is 10.5. The molecule has 1 aromatic carbocycles. The van der Waals surface area contributed by atoms with E-state index in [1.807, 2.05) is 20.8 Å². The van der Waals surface area contributed by atoms with Crippen LogP contribution in [0.4, 0.5) is 0 Å². The van der Waals surface area contributed by atoms with Crippen LogP contribution in [-0.2, 0) is 10.0 Å². The van der Waals surface area contributed by atoms with Gasteiger partial charge in [-0.25, -0.2) is 8.42 Å². The van der Waals surface area contributed by atoms with Gasteiger partial charge < -0.3 is 9.47 Å². The number of rotatable bonds is 9. The minimum atomic E-state index is -3.60. The highest BCUT2D eigenvalue weighted by Crippen LogP contribution is 2.35. The summed E-state index contributed by atoms with van der Waals surface area (Å²) in [5.41, 5.74) is -0.158. The number of ether oxygens (including phenoxy) is 2. The Kier molecular flexibility index (Phi) is 9.07. The first-order valence-corrected chi connectivity index (χ1v) is 11.0. The third-order valence-corrected chi connectivity index (χ3v) is 6.25. The van der Waals surface area contributed by atoms with Crippen molar-refractivity contribution >= 4 is 10.0 Å². The minimum Gasteiger partial charge on any atom is -0.454 e. The fourth-order valence-corrected chi connectivity index (χ4v) is 4.57. The van der Waals surface area contributed by atoms with Gasteiger partial charge in [0.1, 0.15) is 0 Å². The van der Waals surface area contributed by atoms with Crippen molar-refractivity contribution in [2.24, 2.45) is 5.41 Å². The summed E-state index contributed by atoms with van der Waals surface area (Å²) in [6, 6.07) is 6.87. The Morgan fingerprint density at radius 3 is 2.48 bits per heavy atom. The Morgan fingerprint density at radius 1 is 1.19 bits per heavy atom. The lowest BCUT2D eigenvalue weighted by Crippen LogP contribution is -2.38. The van der Waals surface area contributed by atoms with E-state index < -0.39 is 10.0 Å². The van der Waals surface area contributed by atoms with Gasteiger partial charge in [-0.15, -0.1) is 0 Å². The van der Waals surface area contributed by atoms with Crippen molar-refractivity contribution in [3.8, 4) is 17.6 Å². The zero-order valence-corrected chi connectivity index (χ0v) is 17.9. The van der Waals surface area contributed by atoms with Crippen molar-refractivity contribution in [2.75, 3.05) is 19.9 Å². The van der Waals surface area contributed by atoms with E-state index in [-0.39, 0.29) is 17.1 Å². The first-order chi connectivity index (χ1) is 12.8. The van der Waals surface area contributed by atoms with Crippen LogP contribution in [0, 0.1) is 16.7 Å². The SMILES string of the molecule is CC.CCN(CC(C)(C)CCCCC#N)S(=O)(=O)c1ccc2c(c1)OCO2. The monoisotopic (exact) mass is 396 g/mol. The molecule has 0 saturated heterocycles. The van der Waals surface area contributed by atoms with Crippen molar-refractivity contribution in [3.05, 3.63) is 18.2 Å². The molecule has 0 aliphatic carbocycles. The maximum absolute atomic E-state index is 13.0. The number of hydrogen-bond donors (Lipinski definition) is 0. The second-order valence-corrected chi connectivity index (χ2v) is 8.91. The molecule has 0 bridgehead atoms. The number of sulfonamides is 1. The molecular formula is C20H32N2O4S. The van der Waals surface area contributed by atoms with E-state index in [1.165, 1.54) is 10.4 Å². The fourth-order valence-electron chi connectivity index (χ4n) is 2.92. The molecule has 0 radical (unpaired) electrons.